The number of carbonyl (C=O) groups is 2. The molecule has 0 bridgehead atoms. The van der Waals surface area contributed by atoms with Crippen molar-refractivity contribution in [2.45, 2.75) is 18.8 Å². The lowest BCUT2D eigenvalue weighted by molar-refractivity contribution is -0.142. The van der Waals surface area contributed by atoms with Crippen molar-refractivity contribution >= 4 is 23.7 Å². The molecule has 0 aliphatic rings. The molecule has 0 fully saturated rings. The van der Waals surface area contributed by atoms with Crippen molar-refractivity contribution < 1.29 is 19.4 Å². The molecule has 0 aromatic heterocycles. The number of carboxylic acids is 1. The van der Waals surface area contributed by atoms with Crippen LogP contribution in [0.4, 0.5) is 0 Å². The molecule has 1 aromatic rings. The first-order chi connectivity index (χ1) is 8.15. The van der Waals surface area contributed by atoms with Gasteiger partial charge in [-0.15, -0.1) is 11.8 Å². The molecular weight excluding hydrogens is 240 g/mol. The minimum atomic E-state index is -1.14. The standard InChI is InChI=1S/C12H14O4S/c1-2-8-17-12(10(13)14)16-11(15)9-6-4-3-5-7-9/h3-7,12H,2,8H2,1H3,(H,13,14). The maximum atomic E-state index is 11.6. The van der Waals surface area contributed by atoms with Gasteiger partial charge in [-0.2, -0.15) is 0 Å². The van der Waals surface area contributed by atoms with Gasteiger partial charge in [0.05, 0.1) is 5.56 Å². The van der Waals surface area contributed by atoms with Crippen LogP contribution in [0.2, 0.25) is 0 Å². The molecule has 0 radical (unpaired) electrons. The topological polar surface area (TPSA) is 63.6 Å². The second-order valence-electron chi connectivity index (χ2n) is 3.31. The normalized spacial score (nSPS) is 11.8. The molecular formula is C12H14O4S. The lowest BCUT2D eigenvalue weighted by Gasteiger charge is -2.12. The average molecular weight is 254 g/mol. The van der Waals surface area contributed by atoms with E-state index in [1.54, 1.807) is 30.3 Å². The number of thioether (sulfide) groups is 1. The minimum absolute atomic E-state index is 0.357. The van der Waals surface area contributed by atoms with Crippen molar-refractivity contribution in [1.82, 2.24) is 0 Å². The molecule has 17 heavy (non-hydrogen) atoms. The fraction of sp³-hybridized carbons (Fsp3) is 0.333. The summed E-state index contributed by atoms with van der Waals surface area (Å²) in [5.74, 6) is -1.10. The monoisotopic (exact) mass is 254 g/mol. The van der Waals surface area contributed by atoms with Crippen molar-refractivity contribution in [2.24, 2.45) is 0 Å². The van der Waals surface area contributed by atoms with Crippen LogP contribution in [0.3, 0.4) is 0 Å². The van der Waals surface area contributed by atoms with Crippen LogP contribution in [-0.2, 0) is 9.53 Å². The van der Waals surface area contributed by atoms with Gasteiger partial charge < -0.3 is 9.84 Å². The van der Waals surface area contributed by atoms with E-state index in [1.807, 2.05) is 6.92 Å². The van der Waals surface area contributed by atoms with Gasteiger partial charge in [0.2, 0.25) is 5.44 Å². The highest BCUT2D eigenvalue weighted by Crippen LogP contribution is 2.16. The molecule has 1 atom stereocenters. The maximum absolute atomic E-state index is 11.6. The Bertz CT molecular complexity index is 377. The van der Waals surface area contributed by atoms with Gasteiger partial charge in [0, 0.05) is 0 Å². The van der Waals surface area contributed by atoms with E-state index in [0.29, 0.717) is 11.3 Å². The molecule has 1 N–H and O–H groups in total. The molecule has 92 valence electrons. The summed E-state index contributed by atoms with van der Waals surface area (Å²) < 4.78 is 4.92. The van der Waals surface area contributed by atoms with Crippen molar-refractivity contribution in [3.8, 4) is 0 Å². The van der Waals surface area contributed by atoms with Gasteiger partial charge in [-0.1, -0.05) is 25.1 Å². The molecule has 1 aromatic carbocycles. The molecule has 0 aliphatic heterocycles. The molecule has 5 heteroatoms. The largest absolute Gasteiger partial charge is 0.478 e. The van der Waals surface area contributed by atoms with Gasteiger partial charge in [0.15, 0.2) is 0 Å². The summed E-state index contributed by atoms with van der Waals surface area (Å²) in [5, 5.41) is 8.90. The highest BCUT2D eigenvalue weighted by Gasteiger charge is 2.22. The fourth-order valence-corrected chi connectivity index (χ4v) is 1.87. The van der Waals surface area contributed by atoms with Gasteiger partial charge in [0.25, 0.3) is 0 Å². The third-order valence-corrected chi connectivity index (χ3v) is 3.14. The first-order valence-electron chi connectivity index (χ1n) is 5.25. The number of hydrogen-bond acceptors (Lipinski definition) is 4. The van der Waals surface area contributed by atoms with Gasteiger partial charge >= 0.3 is 11.9 Å². The van der Waals surface area contributed by atoms with E-state index in [1.165, 1.54) is 0 Å². The molecule has 1 unspecified atom stereocenters. The number of carboxylic acid groups (broad SMARTS) is 1. The van der Waals surface area contributed by atoms with Gasteiger partial charge in [-0.25, -0.2) is 9.59 Å². The summed E-state index contributed by atoms with van der Waals surface area (Å²) >= 11 is 1.11. The number of rotatable bonds is 6. The number of benzene rings is 1. The number of aliphatic carboxylic acids is 1. The molecule has 4 nitrogen and oxygen atoms in total. The SMILES string of the molecule is CCCSC(OC(=O)c1ccccc1)C(=O)O. The molecule has 0 saturated carbocycles. The molecule has 0 saturated heterocycles. The zero-order valence-electron chi connectivity index (χ0n) is 9.46. The van der Waals surface area contributed by atoms with E-state index in [2.05, 4.69) is 0 Å². The summed E-state index contributed by atoms with van der Waals surface area (Å²) in [6.45, 7) is 1.94. The van der Waals surface area contributed by atoms with Gasteiger partial charge in [-0.05, 0) is 24.3 Å². The van der Waals surface area contributed by atoms with E-state index < -0.39 is 17.4 Å². The van der Waals surface area contributed by atoms with E-state index in [9.17, 15) is 9.59 Å². The third kappa shape index (κ3) is 4.48. The van der Waals surface area contributed by atoms with Crippen molar-refractivity contribution in [1.29, 1.82) is 0 Å². The first kappa shape index (κ1) is 13.6. The average Bonchev–Trinajstić information content (AvgIpc) is 2.35. The number of ether oxygens (including phenoxy) is 1. The Morgan fingerprint density at radius 2 is 2.00 bits per heavy atom. The lowest BCUT2D eigenvalue weighted by Crippen LogP contribution is -2.24. The molecule has 0 heterocycles. The van der Waals surface area contributed by atoms with Crippen molar-refractivity contribution in [3.05, 3.63) is 35.9 Å². The first-order valence-corrected chi connectivity index (χ1v) is 6.30. The van der Waals surface area contributed by atoms with Crippen LogP contribution in [0.15, 0.2) is 30.3 Å². The predicted octanol–water partition coefficient (Wildman–Crippen LogP) is 2.40. The van der Waals surface area contributed by atoms with Crippen molar-refractivity contribution in [3.63, 3.8) is 0 Å². The zero-order chi connectivity index (χ0) is 12.7. The maximum Gasteiger partial charge on any atom is 0.355 e. The fourth-order valence-electron chi connectivity index (χ4n) is 1.12. The van der Waals surface area contributed by atoms with Crippen LogP contribution in [0.1, 0.15) is 23.7 Å². The summed E-state index contributed by atoms with van der Waals surface area (Å²) in [6.07, 6.45) is 0.831. The van der Waals surface area contributed by atoms with Crippen LogP contribution in [0, 0.1) is 0 Å². The smallest absolute Gasteiger partial charge is 0.355 e. The highest BCUT2D eigenvalue weighted by atomic mass is 32.2. The Kier molecular flexibility index (Phi) is 5.56. The summed E-state index contributed by atoms with van der Waals surface area (Å²) in [4.78, 5) is 22.5. The lowest BCUT2D eigenvalue weighted by atomic mass is 10.2. The van der Waals surface area contributed by atoms with Gasteiger partial charge in [-0.3, -0.25) is 0 Å². The Hall–Kier alpha value is -1.49. The van der Waals surface area contributed by atoms with Crippen LogP contribution in [0.25, 0.3) is 0 Å². The summed E-state index contributed by atoms with van der Waals surface area (Å²) in [7, 11) is 0. The van der Waals surface area contributed by atoms with Crippen LogP contribution < -0.4 is 0 Å². The van der Waals surface area contributed by atoms with Crippen LogP contribution in [0.5, 0.6) is 0 Å². The molecule has 0 spiro atoms. The van der Waals surface area contributed by atoms with E-state index >= 15 is 0 Å². The summed E-state index contributed by atoms with van der Waals surface area (Å²) in [6, 6.07) is 8.35. The van der Waals surface area contributed by atoms with Gasteiger partial charge in [0.1, 0.15) is 0 Å². The minimum Gasteiger partial charge on any atom is -0.478 e. The molecule has 0 amide bonds. The Morgan fingerprint density at radius 1 is 1.35 bits per heavy atom. The van der Waals surface area contributed by atoms with E-state index in [4.69, 9.17) is 9.84 Å². The predicted molar refractivity (Wildman–Crippen MR) is 66.0 cm³/mol. The number of esters is 1. The zero-order valence-corrected chi connectivity index (χ0v) is 10.3. The van der Waals surface area contributed by atoms with Crippen LogP contribution >= 0.6 is 11.8 Å². The highest BCUT2D eigenvalue weighted by molar-refractivity contribution is 8.00. The van der Waals surface area contributed by atoms with E-state index in [-0.39, 0.29) is 0 Å². The number of carbonyl (C=O) groups excluding carboxylic acids is 1. The van der Waals surface area contributed by atoms with Crippen LogP contribution in [-0.4, -0.2) is 28.2 Å². The number of hydrogen-bond donors (Lipinski definition) is 1. The summed E-state index contributed by atoms with van der Waals surface area (Å²) in [5.41, 5.74) is -0.779. The van der Waals surface area contributed by atoms with E-state index in [0.717, 1.165) is 18.2 Å². The quantitative estimate of drug-likeness (QED) is 0.624. The van der Waals surface area contributed by atoms with Crippen molar-refractivity contribution in [2.75, 3.05) is 5.75 Å². The molecule has 0 aliphatic carbocycles. The Morgan fingerprint density at radius 3 is 2.53 bits per heavy atom. The second-order valence-corrected chi connectivity index (χ2v) is 4.48. The Balaban J connectivity index is 2.61. The second kappa shape index (κ2) is 6.96. The third-order valence-electron chi connectivity index (χ3n) is 1.90. The Labute approximate surface area is 104 Å². The molecule has 1 rings (SSSR count).